The van der Waals surface area contributed by atoms with Gasteiger partial charge < -0.3 is 14.5 Å². The predicted octanol–water partition coefficient (Wildman–Crippen LogP) is 2.07. The molecule has 8 heteroatoms. The highest BCUT2D eigenvalue weighted by Gasteiger charge is 2.67. The summed E-state index contributed by atoms with van der Waals surface area (Å²) in [4.78, 5) is 45.3. The van der Waals surface area contributed by atoms with Gasteiger partial charge in [-0.05, 0) is 26.0 Å². The number of thioether (sulfide) groups is 1. The van der Waals surface area contributed by atoms with Crippen LogP contribution in [0.15, 0.2) is 30.3 Å². The van der Waals surface area contributed by atoms with E-state index in [1.165, 1.54) is 28.8 Å². The number of fused-ring (bicyclic) bond motifs is 1. The van der Waals surface area contributed by atoms with Gasteiger partial charge in [-0.25, -0.2) is 4.79 Å². The molecular formula is C19H24N2O5S. The first-order chi connectivity index (χ1) is 12.7. The van der Waals surface area contributed by atoms with Crippen LogP contribution in [0.5, 0.6) is 5.75 Å². The molecule has 0 spiro atoms. The van der Waals surface area contributed by atoms with E-state index in [9.17, 15) is 14.4 Å². The molecular weight excluding hydrogens is 368 g/mol. The summed E-state index contributed by atoms with van der Waals surface area (Å²) >= 11 is 1.48. The topological polar surface area (TPSA) is 76.2 Å². The number of β-lactam (4-membered cyclic amide) rings is 1. The second-order valence-electron chi connectivity index (χ2n) is 7.45. The fourth-order valence-corrected chi connectivity index (χ4v) is 5.05. The molecule has 2 aliphatic rings. The summed E-state index contributed by atoms with van der Waals surface area (Å²) in [7, 11) is 1.31. The molecule has 2 heterocycles. The van der Waals surface area contributed by atoms with Crippen molar-refractivity contribution in [2.75, 3.05) is 7.11 Å². The average Bonchev–Trinajstić information content (AvgIpc) is 2.88. The van der Waals surface area contributed by atoms with Crippen molar-refractivity contribution in [3.63, 3.8) is 0 Å². The standard InChI is InChI=1S/C19H24N2O5S/c1-11(2)15(22)21(26-12-9-7-6-8-10-12)13-16(23)20-14(18(24)25-5)19(3,4)27-17(13)20/h6-11,13-14,17H,1-5H3/t13?,14?,17-/m1/s1. The number of hydrogen-bond donors (Lipinski definition) is 0. The van der Waals surface area contributed by atoms with Gasteiger partial charge in [0.2, 0.25) is 0 Å². The second-order valence-corrected chi connectivity index (χ2v) is 9.22. The van der Waals surface area contributed by atoms with Crippen LogP contribution in [0.1, 0.15) is 27.7 Å². The molecule has 0 aliphatic carbocycles. The van der Waals surface area contributed by atoms with Crippen molar-refractivity contribution in [3.05, 3.63) is 30.3 Å². The van der Waals surface area contributed by atoms with Gasteiger partial charge >= 0.3 is 5.97 Å². The van der Waals surface area contributed by atoms with Crippen molar-refractivity contribution in [1.29, 1.82) is 0 Å². The van der Waals surface area contributed by atoms with Crippen molar-refractivity contribution < 1.29 is 24.0 Å². The Kier molecular flexibility index (Phi) is 5.12. The van der Waals surface area contributed by atoms with Gasteiger partial charge in [-0.15, -0.1) is 11.8 Å². The molecule has 1 aromatic carbocycles. The van der Waals surface area contributed by atoms with E-state index in [1.807, 2.05) is 19.9 Å². The van der Waals surface area contributed by atoms with E-state index in [-0.39, 0.29) is 23.1 Å². The minimum atomic E-state index is -0.779. The van der Waals surface area contributed by atoms with Crippen molar-refractivity contribution in [2.24, 2.45) is 5.92 Å². The zero-order valence-corrected chi connectivity index (χ0v) is 16.9. The molecule has 2 amide bonds. The Hall–Kier alpha value is -2.22. The summed E-state index contributed by atoms with van der Waals surface area (Å²) in [5.74, 6) is -0.904. The average molecular weight is 392 g/mol. The zero-order chi connectivity index (χ0) is 19.9. The van der Waals surface area contributed by atoms with E-state index in [1.54, 1.807) is 38.1 Å². The number of carbonyl (C=O) groups excluding carboxylic acids is 3. The molecule has 2 aliphatic heterocycles. The Morgan fingerprint density at radius 1 is 1.22 bits per heavy atom. The van der Waals surface area contributed by atoms with E-state index >= 15 is 0 Å². The monoisotopic (exact) mass is 392 g/mol. The fourth-order valence-electron chi connectivity index (χ4n) is 3.39. The molecule has 2 unspecified atom stereocenters. The van der Waals surface area contributed by atoms with Gasteiger partial charge in [0.1, 0.15) is 11.4 Å². The van der Waals surface area contributed by atoms with E-state index < -0.39 is 22.8 Å². The number of hydroxylamine groups is 2. The van der Waals surface area contributed by atoms with Crippen molar-refractivity contribution in [1.82, 2.24) is 9.96 Å². The molecule has 27 heavy (non-hydrogen) atoms. The Balaban J connectivity index is 1.90. The maximum atomic E-state index is 13.0. The van der Waals surface area contributed by atoms with Crippen LogP contribution in [0.4, 0.5) is 0 Å². The number of para-hydroxylation sites is 1. The molecule has 0 radical (unpaired) electrons. The van der Waals surface area contributed by atoms with Gasteiger partial charge in [0.25, 0.3) is 11.8 Å². The molecule has 146 valence electrons. The molecule has 7 nitrogen and oxygen atoms in total. The summed E-state index contributed by atoms with van der Waals surface area (Å²) < 4.78 is 4.36. The van der Waals surface area contributed by atoms with Crippen molar-refractivity contribution in [2.45, 2.75) is 49.9 Å². The van der Waals surface area contributed by atoms with E-state index in [2.05, 4.69) is 0 Å². The first-order valence-corrected chi connectivity index (χ1v) is 9.71. The number of benzene rings is 1. The SMILES string of the molecule is COC(=O)C1N2C(=O)C(N(Oc3ccccc3)C(=O)C(C)C)[C@H]2SC1(C)C. The van der Waals surface area contributed by atoms with Crippen molar-refractivity contribution in [3.8, 4) is 5.75 Å². The number of rotatable bonds is 5. The van der Waals surface area contributed by atoms with Gasteiger partial charge in [0.05, 0.1) is 7.11 Å². The number of amides is 2. The second kappa shape index (κ2) is 7.07. The molecule has 2 fully saturated rings. The fraction of sp³-hybridized carbons (Fsp3) is 0.526. The highest BCUT2D eigenvalue weighted by molar-refractivity contribution is 8.01. The lowest BCUT2D eigenvalue weighted by atomic mass is 9.95. The van der Waals surface area contributed by atoms with Gasteiger partial charge in [0, 0.05) is 10.7 Å². The summed E-state index contributed by atoms with van der Waals surface area (Å²) in [6, 6.07) is 7.42. The molecule has 0 aromatic heterocycles. The lowest BCUT2D eigenvalue weighted by molar-refractivity contribution is -0.196. The van der Waals surface area contributed by atoms with Gasteiger partial charge in [0.15, 0.2) is 11.8 Å². The maximum Gasteiger partial charge on any atom is 0.330 e. The van der Waals surface area contributed by atoms with Crippen molar-refractivity contribution >= 4 is 29.5 Å². The Bertz CT molecular complexity index is 752. The summed E-state index contributed by atoms with van der Waals surface area (Å²) in [6.07, 6.45) is 0. The number of esters is 1. The van der Waals surface area contributed by atoms with Crippen LogP contribution >= 0.6 is 11.8 Å². The lowest BCUT2D eigenvalue weighted by Gasteiger charge is -2.47. The molecule has 3 atom stereocenters. The third-order valence-corrected chi connectivity index (χ3v) is 6.31. The van der Waals surface area contributed by atoms with Gasteiger partial charge in [-0.1, -0.05) is 32.0 Å². The first kappa shape index (κ1) is 19.5. The lowest BCUT2D eigenvalue weighted by Crippen LogP contribution is -2.72. The molecule has 0 bridgehead atoms. The van der Waals surface area contributed by atoms with Crippen LogP contribution in [-0.4, -0.2) is 57.1 Å². The highest BCUT2D eigenvalue weighted by atomic mass is 32.2. The van der Waals surface area contributed by atoms with Crippen LogP contribution in [0.25, 0.3) is 0 Å². The van der Waals surface area contributed by atoms with E-state index in [4.69, 9.17) is 9.57 Å². The smallest absolute Gasteiger partial charge is 0.330 e. The molecule has 3 rings (SSSR count). The minimum absolute atomic E-state index is 0.281. The van der Waals surface area contributed by atoms with Crippen LogP contribution in [-0.2, 0) is 19.1 Å². The largest absolute Gasteiger partial charge is 0.467 e. The summed E-state index contributed by atoms with van der Waals surface area (Å²) in [6.45, 7) is 7.31. The normalized spacial score (nSPS) is 25.6. The van der Waals surface area contributed by atoms with E-state index in [0.29, 0.717) is 5.75 Å². The third-order valence-electron chi connectivity index (χ3n) is 4.75. The summed E-state index contributed by atoms with van der Waals surface area (Å²) in [5, 5.41) is 0.815. The quantitative estimate of drug-likeness (QED) is 0.434. The van der Waals surface area contributed by atoms with Gasteiger partial charge in [-0.3, -0.25) is 9.59 Å². The summed E-state index contributed by atoms with van der Waals surface area (Å²) in [5.41, 5.74) is 0. The Morgan fingerprint density at radius 2 is 1.85 bits per heavy atom. The first-order valence-electron chi connectivity index (χ1n) is 8.83. The molecule has 1 aromatic rings. The molecule has 2 saturated heterocycles. The minimum Gasteiger partial charge on any atom is -0.467 e. The number of ether oxygens (including phenoxy) is 1. The Morgan fingerprint density at radius 3 is 2.41 bits per heavy atom. The molecule has 0 N–H and O–H groups in total. The van der Waals surface area contributed by atoms with Gasteiger partial charge in [-0.2, -0.15) is 5.06 Å². The van der Waals surface area contributed by atoms with Crippen LogP contribution in [0.3, 0.4) is 0 Å². The van der Waals surface area contributed by atoms with Crippen LogP contribution in [0.2, 0.25) is 0 Å². The van der Waals surface area contributed by atoms with Crippen LogP contribution < -0.4 is 4.84 Å². The maximum absolute atomic E-state index is 13.0. The zero-order valence-electron chi connectivity index (χ0n) is 16.0. The molecule has 0 saturated carbocycles. The van der Waals surface area contributed by atoms with Crippen LogP contribution in [0, 0.1) is 5.92 Å². The predicted molar refractivity (Wildman–Crippen MR) is 101 cm³/mol. The number of hydrogen-bond acceptors (Lipinski definition) is 6. The number of carbonyl (C=O) groups is 3. The van der Waals surface area contributed by atoms with E-state index in [0.717, 1.165) is 0 Å². The number of methoxy groups -OCH3 is 1. The highest BCUT2D eigenvalue weighted by Crippen LogP contribution is 2.52. The number of nitrogens with zero attached hydrogens (tertiary/aromatic N) is 2. The third kappa shape index (κ3) is 3.26. The Labute approximate surface area is 162 Å².